The third kappa shape index (κ3) is 7.62. The number of piperidine rings is 1. The van der Waals surface area contributed by atoms with Crippen LogP contribution in [0, 0.1) is 5.92 Å². The number of nitrogens with zero attached hydrogens (tertiary/aromatic N) is 4. The summed E-state index contributed by atoms with van der Waals surface area (Å²) in [6, 6.07) is 6.09. The molecule has 2 aliphatic rings. The lowest BCUT2D eigenvalue weighted by molar-refractivity contribution is -0.132. The average molecular weight is 441 g/mol. The van der Waals surface area contributed by atoms with Crippen LogP contribution in [0.1, 0.15) is 19.3 Å². The number of halogens is 3. The number of hydrogen-bond acceptors (Lipinski definition) is 5. The smallest absolute Gasteiger partial charge is 0.223 e. The Morgan fingerprint density at radius 1 is 1.11 bits per heavy atom. The minimum Gasteiger partial charge on any atom is -0.354 e. The second kappa shape index (κ2) is 13.4. The van der Waals surface area contributed by atoms with Gasteiger partial charge in [0.05, 0.1) is 0 Å². The highest BCUT2D eigenvalue weighted by atomic mass is 35.5. The molecule has 27 heavy (non-hydrogen) atoms. The Hall–Kier alpha value is -0.790. The predicted molar refractivity (Wildman–Crippen MR) is 118 cm³/mol. The third-order valence-electron chi connectivity index (χ3n) is 5.09. The van der Waals surface area contributed by atoms with E-state index in [1.165, 1.54) is 6.42 Å². The van der Waals surface area contributed by atoms with E-state index in [1.54, 1.807) is 0 Å². The molecule has 0 aromatic carbocycles. The number of carbonyl (C=O) groups is 1. The molecule has 6 nitrogen and oxygen atoms in total. The Labute approximate surface area is 181 Å². The van der Waals surface area contributed by atoms with E-state index in [9.17, 15) is 4.79 Å². The van der Waals surface area contributed by atoms with Crippen molar-refractivity contribution in [3.05, 3.63) is 24.4 Å². The van der Waals surface area contributed by atoms with Gasteiger partial charge in [0.15, 0.2) is 0 Å². The summed E-state index contributed by atoms with van der Waals surface area (Å²) >= 11 is 0. The molecule has 156 valence electrons. The van der Waals surface area contributed by atoms with E-state index in [4.69, 9.17) is 5.73 Å². The summed E-state index contributed by atoms with van der Waals surface area (Å²) < 4.78 is 0. The molecule has 1 aromatic heterocycles. The molecule has 2 aliphatic heterocycles. The molecular formula is C18H32Cl3N5O. The molecular weight excluding hydrogens is 409 g/mol. The summed E-state index contributed by atoms with van der Waals surface area (Å²) in [5.74, 6) is 1.90. The molecule has 3 rings (SSSR count). The highest BCUT2D eigenvalue weighted by molar-refractivity contribution is 5.86. The molecule has 1 aromatic rings. The van der Waals surface area contributed by atoms with Crippen LogP contribution in [0.4, 0.5) is 5.82 Å². The zero-order chi connectivity index (χ0) is 16.8. The van der Waals surface area contributed by atoms with Crippen molar-refractivity contribution in [2.45, 2.75) is 19.3 Å². The fourth-order valence-electron chi connectivity index (χ4n) is 3.79. The molecule has 1 unspecified atom stereocenters. The van der Waals surface area contributed by atoms with Crippen LogP contribution < -0.4 is 10.6 Å². The Morgan fingerprint density at radius 2 is 1.85 bits per heavy atom. The van der Waals surface area contributed by atoms with E-state index in [-0.39, 0.29) is 43.1 Å². The van der Waals surface area contributed by atoms with Crippen molar-refractivity contribution in [1.82, 2.24) is 14.8 Å². The number of rotatable bonds is 5. The monoisotopic (exact) mass is 439 g/mol. The second-order valence-corrected chi connectivity index (χ2v) is 6.86. The van der Waals surface area contributed by atoms with Crippen LogP contribution >= 0.6 is 37.2 Å². The van der Waals surface area contributed by atoms with Crippen LogP contribution in [-0.2, 0) is 4.79 Å². The van der Waals surface area contributed by atoms with Gasteiger partial charge in [-0.2, -0.15) is 0 Å². The molecule has 3 heterocycles. The lowest BCUT2D eigenvalue weighted by Crippen LogP contribution is -2.50. The SMILES string of the molecule is Cl.Cl.Cl.NCCC(=O)N1CCCC(CN2CCN(c3ccccn3)CC2)C1. The van der Waals surface area contributed by atoms with E-state index >= 15 is 0 Å². The van der Waals surface area contributed by atoms with Crippen molar-refractivity contribution < 1.29 is 4.79 Å². The quantitative estimate of drug-likeness (QED) is 0.759. The van der Waals surface area contributed by atoms with Gasteiger partial charge in [0, 0.05) is 65.0 Å². The maximum atomic E-state index is 12.1. The standard InChI is InChI=1S/C18H29N5O.3ClH/c19-7-6-18(24)23-9-3-4-16(15-23)14-21-10-12-22(13-11-21)17-5-1-2-8-20-17;;;/h1-2,5,8,16H,3-4,6-7,9-15,19H2;3*1H. The fourth-order valence-corrected chi connectivity index (χ4v) is 3.79. The Balaban J connectivity index is 0.00000225. The maximum absolute atomic E-state index is 12.1. The zero-order valence-corrected chi connectivity index (χ0v) is 18.1. The molecule has 1 amide bonds. The lowest BCUT2D eigenvalue weighted by atomic mass is 9.96. The van der Waals surface area contributed by atoms with Gasteiger partial charge in [0.1, 0.15) is 5.82 Å². The van der Waals surface area contributed by atoms with Crippen LogP contribution in [-0.4, -0.2) is 73.0 Å². The molecule has 9 heteroatoms. The highest BCUT2D eigenvalue weighted by Crippen LogP contribution is 2.20. The van der Waals surface area contributed by atoms with Gasteiger partial charge in [-0.1, -0.05) is 6.07 Å². The van der Waals surface area contributed by atoms with Crippen molar-refractivity contribution in [3.8, 4) is 0 Å². The van der Waals surface area contributed by atoms with Crippen molar-refractivity contribution in [3.63, 3.8) is 0 Å². The molecule has 1 atom stereocenters. The normalized spacial score (nSPS) is 20.1. The number of aromatic nitrogens is 1. The fraction of sp³-hybridized carbons (Fsp3) is 0.667. The number of pyridine rings is 1. The first-order chi connectivity index (χ1) is 11.8. The number of amides is 1. The van der Waals surface area contributed by atoms with Gasteiger partial charge in [-0.25, -0.2) is 4.98 Å². The Kier molecular flexibility index (Phi) is 13.0. The number of likely N-dealkylation sites (tertiary alicyclic amines) is 1. The first-order valence-electron chi connectivity index (χ1n) is 9.12. The minimum atomic E-state index is 0. The van der Waals surface area contributed by atoms with E-state index in [1.807, 2.05) is 23.2 Å². The first-order valence-corrected chi connectivity index (χ1v) is 9.12. The zero-order valence-electron chi connectivity index (χ0n) is 15.7. The van der Waals surface area contributed by atoms with Crippen LogP contribution in [0.2, 0.25) is 0 Å². The van der Waals surface area contributed by atoms with Crippen LogP contribution in [0.3, 0.4) is 0 Å². The number of carbonyl (C=O) groups excluding carboxylic acids is 1. The van der Waals surface area contributed by atoms with Gasteiger partial charge in [-0.3, -0.25) is 9.69 Å². The molecule has 0 saturated carbocycles. The topological polar surface area (TPSA) is 65.7 Å². The van der Waals surface area contributed by atoms with Crippen LogP contribution in [0.25, 0.3) is 0 Å². The molecule has 2 saturated heterocycles. The summed E-state index contributed by atoms with van der Waals surface area (Å²) in [5.41, 5.74) is 5.52. The van der Waals surface area contributed by atoms with E-state index in [0.717, 1.165) is 58.1 Å². The average Bonchev–Trinajstić information content (AvgIpc) is 2.63. The summed E-state index contributed by atoms with van der Waals surface area (Å²) in [7, 11) is 0. The summed E-state index contributed by atoms with van der Waals surface area (Å²) in [6.07, 6.45) is 4.69. The van der Waals surface area contributed by atoms with Gasteiger partial charge < -0.3 is 15.5 Å². The van der Waals surface area contributed by atoms with Gasteiger partial charge in [0.25, 0.3) is 0 Å². The Morgan fingerprint density at radius 3 is 2.48 bits per heavy atom. The maximum Gasteiger partial charge on any atom is 0.223 e. The van der Waals surface area contributed by atoms with E-state index in [0.29, 0.717) is 18.9 Å². The lowest BCUT2D eigenvalue weighted by Gasteiger charge is -2.39. The molecule has 2 N–H and O–H groups in total. The number of hydrogen-bond donors (Lipinski definition) is 1. The van der Waals surface area contributed by atoms with E-state index in [2.05, 4.69) is 20.9 Å². The summed E-state index contributed by atoms with van der Waals surface area (Å²) in [4.78, 5) is 23.4. The minimum absolute atomic E-state index is 0. The van der Waals surface area contributed by atoms with Crippen molar-refractivity contribution in [1.29, 1.82) is 0 Å². The largest absolute Gasteiger partial charge is 0.354 e. The number of piperazine rings is 1. The number of nitrogens with two attached hydrogens (primary N) is 1. The van der Waals surface area contributed by atoms with Crippen molar-refractivity contribution in [2.75, 3.05) is 57.3 Å². The highest BCUT2D eigenvalue weighted by Gasteiger charge is 2.26. The van der Waals surface area contributed by atoms with Gasteiger partial charge in [-0.05, 0) is 30.9 Å². The van der Waals surface area contributed by atoms with Crippen molar-refractivity contribution in [2.24, 2.45) is 11.7 Å². The Bertz CT molecular complexity index is 529. The number of anilines is 1. The van der Waals surface area contributed by atoms with Gasteiger partial charge >= 0.3 is 0 Å². The van der Waals surface area contributed by atoms with Crippen LogP contribution in [0.15, 0.2) is 24.4 Å². The van der Waals surface area contributed by atoms with Crippen LogP contribution in [0.5, 0.6) is 0 Å². The van der Waals surface area contributed by atoms with E-state index < -0.39 is 0 Å². The molecule has 0 bridgehead atoms. The molecule has 2 fully saturated rings. The molecule has 0 spiro atoms. The summed E-state index contributed by atoms with van der Waals surface area (Å²) in [6.45, 7) is 7.56. The van der Waals surface area contributed by atoms with Gasteiger partial charge in [0.2, 0.25) is 5.91 Å². The van der Waals surface area contributed by atoms with Gasteiger partial charge in [-0.15, -0.1) is 37.2 Å². The summed E-state index contributed by atoms with van der Waals surface area (Å²) in [5, 5.41) is 0. The predicted octanol–water partition coefficient (Wildman–Crippen LogP) is 2.06. The molecule has 0 aliphatic carbocycles. The first kappa shape index (κ1) is 26.2. The van der Waals surface area contributed by atoms with Crippen molar-refractivity contribution >= 4 is 48.9 Å². The third-order valence-corrected chi connectivity index (χ3v) is 5.09. The second-order valence-electron chi connectivity index (χ2n) is 6.86. The molecule has 0 radical (unpaired) electrons.